The summed E-state index contributed by atoms with van der Waals surface area (Å²) < 4.78 is 5.16. The SMILES string of the molecule is CCCNC(C)C(=O)OCC(C)(C)C. The van der Waals surface area contributed by atoms with E-state index in [4.69, 9.17) is 4.74 Å². The van der Waals surface area contributed by atoms with Crippen molar-refractivity contribution in [2.24, 2.45) is 5.41 Å². The summed E-state index contributed by atoms with van der Waals surface area (Å²) >= 11 is 0. The molecule has 1 unspecified atom stereocenters. The molecular weight excluding hydrogens is 178 g/mol. The van der Waals surface area contributed by atoms with E-state index in [2.05, 4.69) is 12.2 Å². The number of hydrogen-bond acceptors (Lipinski definition) is 3. The molecule has 0 saturated heterocycles. The lowest BCUT2D eigenvalue weighted by molar-refractivity contribution is -0.148. The van der Waals surface area contributed by atoms with Gasteiger partial charge in [0.2, 0.25) is 0 Å². The fourth-order valence-corrected chi connectivity index (χ4v) is 0.857. The highest BCUT2D eigenvalue weighted by molar-refractivity contribution is 5.75. The van der Waals surface area contributed by atoms with Crippen LogP contribution in [0.3, 0.4) is 0 Å². The molecule has 14 heavy (non-hydrogen) atoms. The Hall–Kier alpha value is -0.570. The van der Waals surface area contributed by atoms with Crippen LogP contribution in [0.15, 0.2) is 0 Å². The molecule has 0 saturated carbocycles. The van der Waals surface area contributed by atoms with Crippen molar-refractivity contribution < 1.29 is 9.53 Å². The molecule has 0 aromatic rings. The van der Waals surface area contributed by atoms with Crippen molar-refractivity contribution in [3.63, 3.8) is 0 Å². The minimum atomic E-state index is -0.197. The van der Waals surface area contributed by atoms with Gasteiger partial charge in [0.25, 0.3) is 0 Å². The van der Waals surface area contributed by atoms with E-state index in [1.165, 1.54) is 0 Å². The normalized spacial score (nSPS) is 13.8. The average molecular weight is 201 g/mol. The molecule has 0 aromatic heterocycles. The number of carbonyl (C=O) groups excluding carboxylic acids is 1. The lowest BCUT2D eigenvalue weighted by Crippen LogP contribution is -2.37. The molecule has 0 aliphatic heterocycles. The molecular formula is C11H23NO2. The lowest BCUT2D eigenvalue weighted by atomic mass is 9.99. The van der Waals surface area contributed by atoms with Gasteiger partial charge in [0.15, 0.2) is 0 Å². The van der Waals surface area contributed by atoms with E-state index in [0.29, 0.717) is 6.61 Å². The topological polar surface area (TPSA) is 38.3 Å². The highest BCUT2D eigenvalue weighted by Crippen LogP contribution is 2.13. The summed E-state index contributed by atoms with van der Waals surface area (Å²) in [6.07, 6.45) is 1.02. The van der Waals surface area contributed by atoms with Crippen molar-refractivity contribution in [2.45, 2.75) is 47.1 Å². The van der Waals surface area contributed by atoms with Gasteiger partial charge in [-0.2, -0.15) is 0 Å². The minimum absolute atomic E-state index is 0.0418. The molecule has 3 heteroatoms. The molecule has 0 fully saturated rings. The summed E-state index contributed by atoms with van der Waals surface area (Å²) in [5.74, 6) is -0.159. The van der Waals surface area contributed by atoms with E-state index >= 15 is 0 Å². The van der Waals surface area contributed by atoms with Crippen molar-refractivity contribution in [3.05, 3.63) is 0 Å². The smallest absolute Gasteiger partial charge is 0.322 e. The van der Waals surface area contributed by atoms with Crippen molar-refractivity contribution in [2.75, 3.05) is 13.2 Å². The molecule has 3 nitrogen and oxygen atoms in total. The van der Waals surface area contributed by atoms with Crippen LogP contribution in [0.25, 0.3) is 0 Å². The zero-order valence-electron chi connectivity index (χ0n) is 10.0. The van der Waals surface area contributed by atoms with Crippen LogP contribution in [0.5, 0.6) is 0 Å². The first-order valence-electron chi connectivity index (χ1n) is 5.27. The maximum atomic E-state index is 11.4. The van der Waals surface area contributed by atoms with E-state index < -0.39 is 0 Å². The summed E-state index contributed by atoms with van der Waals surface area (Å²) in [6.45, 7) is 11.4. The molecule has 1 atom stereocenters. The third-order valence-electron chi connectivity index (χ3n) is 1.70. The standard InChI is InChI=1S/C11H23NO2/c1-6-7-12-9(2)10(13)14-8-11(3,4)5/h9,12H,6-8H2,1-5H3. The minimum Gasteiger partial charge on any atom is -0.464 e. The molecule has 0 aliphatic carbocycles. The fraction of sp³-hybridized carbons (Fsp3) is 0.909. The van der Waals surface area contributed by atoms with Gasteiger partial charge in [-0.05, 0) is 25.3 Å². The average Bonchev–Trinajstić information content (AvgIpc) is 2.09. The van der Waals surface area contributed by atoms with E-state index in [9.17, 15) is 4.79 Å². The summed E-state index contributed by atoms with van der Waals surface area (Å²) in [7, 11) is 0. The third kappa shape index (κ3) is 6.89. The lowest BCUT2D eigenvalue weighted by Gasteiger charge is -2.20. The van der Waals surface area contributed by atoms with Crippen LogP contribution in [0.1, 0.15) is 41.0 Å². The predicted molar refractivity (Wildman–Crippen MR) is 58.2 cm³/mol. The van der Waals surface area contributed by atoms with Crippen LogP contribution < -0.4 is 5.32 Å². The number of nitrogens with one attached hydrogen (secondary N) is 1. The summed E-state index contributed by atoms with van der Waals surface area (Å²) in [4.78, 5) is 11.4. The summed E-state index contributed by atoms with van der Waals surface area (Å²) in [6, 6.07) is -0.197. The van der Waals surface area contributed by atoms with E-state index in [-0.39, 0.29) is 17.4 Å². The van der Waals surface area contributed by atoms with Gasteiger partial charge in [-0.25, -0.2) is 0 Å². The third-order valence-corrected chi connectivity index (χ3v) is 1.70. The Balaban J connectivity index is 3.73. The molecule has 0 bridgehead atoms. The first-order chi connectivity index (χ1) is 6.37. The Labute approximate surface area is 87.2 Å². The van der Waals surface area contributed by atoms with Crippen molar-refractivity contribution >= 4 is 5.97 Å². The van der Waals surface area contributed by atoms with Crippen LogP contribution in [-0.4, -0.2) is 25.2 Å². The maximum Gasteiger partial charge on any atom is 0.322 e. The van der Waals surface area contributed by atoms with Crippen LogP contribution in [0.2, 0.25) is 0 Å². The van der Waals surface area contributed by atoms with Gasteiger partial charge in [-0.15, -0.1) is 0 Å². The molecule has 0 aliphatic rings. The largest absolute Gasteiger partial charge is 0.464 e. The number of esters is 1. The second-order valence-corrected chi connectivity index (χ2v) is 4.84. The first-order valence-corrected chi connectivity index (χ1v) is 5.27. The zero-order valence-corrected chi connectivity index (χ0v) is 10.0. The van der Waals surface area contributed by atoms with Gasteiger partial charge in [0, 0.05) is 0 Å². The van der Waals surface area contributed by atoms with E-state index in [1.54, 1.807) is 0 Å². The maximum absolute atomic E-state index is 11.4. The number of ether oxygens (including phenoxy) is 1. The first kappa shape index (κ1) is 13.4. The molecule has 84 valence electrons. The molecule has 1 N–H and O–H groups in total. The van der Waals surface area contributed by atoms with E-state index in [0.717, 1.165) is 13.0 Å². The monoisotopic (exact) mass is 201 g/mol. The zero-order chi connectivity index (χ0) is 11.2. The van der Waals surface area contributed by atoms with Crippen molar-refractivity contribution in [1.29, 1.82) is 0 Å². The Morgan fingerprint density at radius 2 is 2.00 bits per heavy atom. The van der Waals surface area contributed by atoms with Crippen molar-refractivity contribution in [1.82, 2.24) is 5.32 Å². The number of hydrogen-bond donors (Lipinski definition) is 1. The van der Waals surface area contributed by atoms with Crippen LogP contribution >= 0.6 is 0 Å². The Morgan fingerprint density at radius 3 is 2.43 bits per heavy atom. The van der Waals surface area contributed by atoms with Gasteiger partial charge >= 0.3 is 5.97 Å². The quantitative estimate of drug-likeness (QED) is 0.691. The summed E-state index contributed by atoms with van der Waals surface area (Å²) in [5, 5.41) is 3.09. The van der Waals surface area contributed by atoms with Gasteiger partial charge in [0.1, 0.15) is 6.04 Å². The second kappa shape index (κ2) is 6.02. The fourth-order valence-electron chi connectivity index (χ4n) is 0.857. The van der Waals surface area contributed by atoms with Crippen molar-refractivity contribution in [3.8, 4) is 0 Å². The second-order valence-electron chi connectivity index (χ2n) is 4.84. The van der Waals surface area contributed by atoms with Gasteiger partial charge in [0.05, 0.1) is 6.61 Å². The molecule has 0 heterocycles. The van der Waals surface area contributed by atoms with E-state index in [1.807, 2.05) is 27.7 Å². The predicted octanol–water partition coefficient (Wildman–Crippen LogP) is 1.96. The Kier molecular flexibility index (Phi) is 5.77. The Bertz CT molecular complexity index is 173. The van der Waals surface area contributed by atoms with Crippen LogP contribution in [-0.2, 0) is 9.53 Å². The molecule has 0 radical (unpaired) electrons. The van der Waals surface area contributed by atoms with Gasteiger partial charge in [-0.3, -0.25) is 4.79 Å². The Morgan fingerprint density at radius 1 is 1.43 bits per heavy atom. The summed E-state index contributed by atoms with van der Waals surface area (Å²) in [5.41, 5.74) is 0.0418. The molecule has 0 rings (SSSR count). The van der Waals surface area contributed by atoms with Crippen LogP contribution in [0.4, 0.5) is 0 Å². The number of carbonyl (C=O) groups is 1. The molecule has 0 amide bonds. The number of rotatable bonds is 5. The highest BCUT2D eigenvalue weighted by atomic mass is 16.5. The molecule has 0 spiro atoms. The van der Waals surface area contributed by atoms with Gasteiger partial charge < -0.3 is 10.1 Å². The highest BCUT2D eigenvalue weighted by Gasteiger charge is 2.17. The van der Waals surface area contributed by atoms with Gasteiger partial charge in [-0.1, -0.05) is 27.7 Å². The van der Waals surface area contributed by atoms with Crippen LogP contribution in [0, 0.1) is 5.41 Å². The molecule has 0 aromatic carbocycles.